The van der Waals surface area contributed by atoms with Crippen molar-refractivity contribution in [3.05, 3.63) is 17.5 Å². The number of hydrogen-bond donors (Lipinski definition) is 2. The lowest BCUT2D eigenvalue weighted by atomic mass is 9.96. The van der Waals surface area contributed by atoms with Crippen LogP contribution < -0.4 is 5.32 Å². The van der Waals surface area contributed by atoms with Crippen LogP contribution in [0.15, 0.2) is 6.20 Å². The predicted octanol–water partition coefficient (Wildman–Crippen LogP) is 2.26. The predicted molar refractivity (Wildman–Crippen MR) is 140 cm³/mol. The number of hydrogen-bond acceptors (Lipinski definition) is 10. The molecule has 41 heavy (non-hydrogen) atoms. The number of carbonyl (C=O) groups is 4. The molecule has 228 valence electrons. The summed E-state index contributed by atoms with van der Waals surface area (Å²) < 4.78 is 48.6. The van der Waals surface area contributed by atoms with Gasteiger partial charge < -0.3 is 24.6 Å². The van der Waals surface area contributed by atoms with Crippen molar-refractivity contribution >= 4 is 34.5 Å². The van der Waals surface area contributed by atoms with Gasteiger partial charge in [0.25, 0.3) is 0 Å². The molecule has 17 heteroatoms. The summed E-state index contributed by atoms with van der Waals surface area (Å²) in [6, 6.07) is -2.75. The second-order valence-electron chi connectivity index (χ2n) is 12.2. The highest BCUT2D eigenvalue weighted by atomic mass is 32.3. The normalized spacial score (nSPS) is 21.5. The quantitative estimate of drug-likeness (QED) is 0.472. The maximum Gasteiger partial charge on any atom is 0.418 e. The molecule has 0 radical (unpaired) electrons. The average molecular weight is 601 g/mol. The Kier molecular flexibility index (Phi) is 8.01. The molecule has 3 aliphatic heterocycles. The fourth-order valence-corrected chi connectivity index (χ4v) is 5.34. The summed E-state index contributed by atoms with van der Waals surface area (Å²) in [6.07, 6.45) is 0.952. The summed E-state index contributed by atoms with van der Waals surface area (Å²) in [6.45, 7) is 10.8. The van der Waals surface area contributed by atoms with Crippen LogP contribution in [-0.4, -0.2) is 99.1 Å². The summed E-state index contributed by atoms with van der Waals surface area (Å²) in [7, 11) is -5.04. The van der Waals surface area contributed by atoms with E-state index in [-0.39, 0.29) is 24.7 Å². The second-order valence-corrected chi connectivity index (χ2v) is 13.2. The smallest absolute Gasteiger partial charge is 0.418 e. The molecule has 0 aromatic carbocycles. The summed E-state index contributed by atoms with van der Waals surface area (Å²) in [5.41, 5.74) is -0.835. The first-order valence-electron chi connectivity index (χ1n) is 13.2. The van der Waals surface area contributed by atoms with E-state index in [1.165, 1.54) is 11.1 Å². The fraction of sp³-hybridized carbons (Fsp3) is 0.708. The third-order valence-corrected chi connectivity index (χ3v) is 6.99. The van der Waals surface area contributed by atoms with E-state index in [4.69, 9.17) is 9.47 Å². The molecule has 4 heterocycles. The second kappa shape index (κ2) is 10.8. The standard InChI is InChI=1S/C24H36N6O10S/c1-23(2,3)38-20(32)25-11-16-18-15(17-13-28(16)21(33)30(17)40-41(35,36)37)12-29(26-18)19(31)14-7-9-27(10-8-14)22(34)39-24(4,5)6/h12,14,16-17H,7-11,13H2,1-6H3,(H,25,32)(H,35,36,37)/t16-,17-/m1/s1. The lowest BCUT2D eigenvalue weighted by Crippen LogP contribution is -2.44. The Labute approximate surface area is 237 Å². The zero-order valence-corrected chi connectivity index (χ0v) is 24.6. The van der Waals surface area contributed by atoms with Crippen LogP contribution in [0.25, 0.3) is 0 Å². The Morgan fingerprint density at radius 2 is 1.68 bits per heavy atom. The molecule has 0 unspecified atom stereocenters. The number of fused-ring (bicyclic) bond motifs is 4. The van der Waals surface area contributed by atoms with Crippen LogP contribution >= 0.6 is 0 Å². The SMILES string of the molecule is CC(C)(C)OC(=O)NC[C@@H]1c2nn(C(=O)C3CCN(C(=O)OC(C)(C)C)CC3)cc2[C@H]2CN1C(=O)N2OS(=O)(=O)O. The minimum Gasteiger partial charge on any atom is -0.444 e. The maximum atomic E-state index is 13.4. The van der Waals surface area contributed by atoms with Gasteiger partial charge in [0.1, 0.15) is 17.2 Å². The van der Waals surface area contributed by atoms with E-state index < -0.39 is 57.8 Å². The van der Waals surface area contributed by atoms with Crippen LogP contribution in [0.5, 0.6) is 0 Å². The first-order chi connectivity index (χ1) is 18.8. The molecule has 4 amide bonds. The van der Waals surface area contributed by atoms with Crippen molar-refractivity contribution in [3.8, 4) is 0 Å². The van der Waals surface area contributed by atoms with Crippen LogP contribution in [0, 0.1) is 5.92 Å². The lowest BCUT2D eigenvalue weighted by Gasteiger charge is -2.32. The molecule has 0 aliphatic carbocycles. The van der Waals surface area contributed by atoms with Crippen molar-refractivity contribution < 1.29 is 45.9 Å². The molecule has 2 bridgehead atoms. The Hall–Kier alpha value is -3.44. The van der Waals surface area contributed by atoms with Gasteiger partial charge in [0, 0.05) is 37.3 Å². The summed E-state index contributed by atoms with van der Waals surface area (Å²) in [4.78, 5) is 54.0. The number of ether oxygens (including phenoxy) is 2. The van der Waals surface area contributed by atoms with Crippen molar-refractivity contribution in [2.45, 2.75) is 77.7 Å². The molecular formula is C24H36N6O10S. The van der Waals surface area contributed by atoms with E-state index >= 15 is 0 Å². The number of alkyl carbamates (subject to hydrolysis) is 1. The number of nitrogens with zero attached hydrogens (tertiary/aromatic N) is 5. The number of carbonyl (C=O) groups excluding carboxylic acids is 4. The molecule has 2 N–H and O–H groups in total. The number of rotatable bonds is 5. The number of likely N-dealkylation sites (tertiary alicyclic amines) is 1. The van der Waals surface area contributed by atoms with Gasteiger partial charge in [-0.3, -0.25) is 9.35 Å². The van der Waals surface area contributed by atoms with Crippen molar-refractivity contribution in [2.75, 3.05) is 26.2 Å². The number of nitrogens with one attached hydrogen (secondary N) is 1. The first-order valence-corrected chi connectivity index (χ1v) is 14.5. The topological polar surface area (TPSA) is 190 Å². The maximum absolute atomic E-state index is 13.4. The van der Waals surface area contributed by atoms with Gasteiger partial charge in [-0.25, -0.2) is 19.1 Å². The third-order valence-electron chi connectivity index (χ3n) is 6.65. The van der Waals surface area contributed by atoms with Gasteiger partial charge in [0.15, 0.2) is 0 Å². The molecule has 1 aromatic heterocycles. The Morgan fingerprint density at radius 1 is 1.07 bits per heavy atom. The molecule has 2 atom stereocenters. The molecule has 3 aliphatic rings. The zero-order chi connectivity index (χ0) is 30.5. The van der Waals surface area contributed by atoms with Crippen molar-refractivity contribution in [1.29, 1.82) is 0 Å². The average Bonchev–Trinajstić information content (AvgIpc) is 3.38. The fourth-order valence-electron chi connectivity index (χ4n) is 4.97. The van der Waals surface area contributed by atoms with E-state index in [1.54, 1.807) is 46.4 Å². The van der Waals surface area contributed by atoms with Gasteiger partial charge in [-0.1, -0.05) is 0 Å². The van der Waals surface area contributed by atoms with Gasteiger partial charge in [0.2, 0.25) is 5.91 Å². The largest absolute Gasteiger partial charge is 0.444 e. The number of aromatic nitrogens is 2. The van der Waals surface area contributed by atoms with Gasteiger partial charge in [-0.15, -0.1) is 4.28 Å². The van der Waals surface area contributed by atoms with E-state index in [2.05, 4.69) is 14.7 Å². The lowest BCUT2D eigenvalue weighted by molar-refractivity contribution is -0.0317. The van der Waals surface area contributed by atoms with E-state index in [1.807, 2.05) is 0 Å². The zero-order valence-electron chi connectivity index (χ0n) is 23.8. The Morgan fingerprint density at radius 3 is 2.24 bits per heavy atom. The van der Waals surface area contributed by atoms with Gasteiger partial charge in [-0.2, -0.15) is 18.6 Å². The molecule has 2 saturated heterocycles. The van der Waals surface area contributed by atoms with Crippen LogP contribution in [0.3, 0.4) is 0 Å². The highest BCUT2D eigenvalue weighted by molar-refractivity contribution is 7.80. The molecular weight excluding hydrogens is 564 g/mol. The van der Waals surface area contributed by atoms with E-state index in [0.717, 1.165) is 4.68 Å². The van der Waals surface area contributed by atoms with Crippen LogP contribution in [0.2, 0.25) is 0 Å². The Balaban J connectivity index is 1.55. The van der Waals surface area contributed by atoms with E-state index in [9.17, 15) is 32.1 Å². The molecule has 4 rings (SSSR count). The minimum atomic E-state index is -5.04. The third kappa shape index (κ3) is 7.08. The number of amides is 4. The first kappa shape index (κ1) is 30.5. The molecule has 2 fully saturated rings. The minimum absolute atomic E-state index is 0.0455. The van der Waals surface area contributed by atoms with Gasteiger partial charge in [0.05, 0.1) is 18.3 Å². The van der Waals surface area contributed by atoms with Crippen molar-refractivity contribution in [3.63, 3.8) is 0 Å². The van der Waals surface area contributed by atoms with Crippen molar-refractivity contribution in [1.82, 2.24) is 30.0 Å². The van der Waals surface area contributed by atoms with E-state index in [0.29, 0.717) is 36.6 Å². The highest BCUT2D eigenvalue weighted by Gasteiger charge is 2.52. The van der Waals surface area contributed by atoms with Crippen LogP contribution in [0.1, 0.15) is 82.5 Å². The van der Waals surface area contributed by atoms with Crippen LogP contribution in [0.4, 0.5) is 14.4 Å². The number of hydroxylamine groups is 2. The van der Waals surface area contributed by atoms with Gasteiger partial charge in [-0.05, 0) is 54.4 Å². The summed E-state index contributed by atoms with van der Waals surface area (Å²) in [5, 5.41) is 7.55. The summed E-state index contributed by atoms with van der Waals surface area (Å²) in [5.74, 6) is -0.806. The van der Waals surface area contributed by atoms with Gasteiger partial charge >= 0.3 is 28.6 Å². The van der Waals surface area contributed by atoms with Crippen molar-refractivity contribution in [2.24, 2.45) is 5.92 Å². The number of piperidine rings is 1. The number of urea groups is 1. The molecule has 16 nitrogen and oxygen atoms in total. The molecule has 0 spiro atoms. The highest BCUT2D eigenvalue weighted by Crippen LogP contribution is 2.43. The molecule has 0 saturated carbocycles. The molecule has 1 aromatic rings. The summed E-state index contributed by atoms with van der Waals surface area (Å²) >= 11 is 0. The monoisotopic (exact) mass is 600 g/mol. The van der Waals surface area contributed by atoms with Crippen LogP contribution in [-0.2, 0) is 24.2 Å². The Bertz CT molecular complexity index is 1320.